The summed E-state index contributed by atoms with van der Waals surface area (Å²) in [5.41, 5.74) is 0.249. The number of hydrogen-bond acceptors (Lipinski definition) is 4. The van der Waals surface area contributed by atoms with Gasteiger partial charge in [-0.2, -0.15) is 0 Å². The zero-order valence-corrected chi connectivity index (χ0v) is 14.9. The van der Waals surface area contributed by atoms with Gasteiger partial charge in [0, 0.05) is 6.54 Å². The number of ether oxygens (including phenoxy) is 2. The zero-order valence-electron chi connectivity index (χ0n) is 13.3. The largest absolute Gasteiger partial charge is 0.490 e. The van der Waals surface area contributed by atoms with Crippen molar-refractivity contribution in [2.45, 2.75) is 46.3 Å². The van der Waals surface area contributed by atoms with Crippen LogP contribution in [0.15, 0.2) is 16.6 Å². The minimum absolute atomic E-state index is 0.207. The summed E-state index contributed by atoms with van der Waals surface area (Å²) in [6.45, 7) is 10.1. The highest BCUT2D eigenvalue weighted by Crippen LogP contribution is 2.37. The first-order valence-electron chi connectivity index (χ1n) is 7.38. The minimum atomic E-state index is -0.885. The van der Waals surface area contributed by atoms with Crippen LogP contribution in [0, 0.1) is 0 Å². The van der Waals surface area contributed by atoms with E-state index in [9.17, 15) is 5.11 Å². The summed E-state index contributed by atoms with van der Waals surface area (Å²) in [7, 11) is 0. The third-order valence-electron chi connectivity index (χ3n) is 2.69. The fourth-order valence-corrected chi connectivity index (χ4v) is 2.39. The van der Waals surface area contributed by atoms with E-state index in [-0.39, 0.29) is 6.61 Å². The number of nitrogens with one attached hydrogen (secondary N) is 1. The Balaban J connectivity index is 2.90. The van der Waals surface area contributed by atoms with Gasteiger partial charge in [0.25, 0.3) is 0 Å². The van der Waals surface area contributed by atoms with E-state index in [1.54, 1.807) is 13.8 Å². The topological polar surface area (TPSA) is 50.7 Å². The molecule has 2 N–H and O–H groups in total. The molecule has 0 spiro atoms. The van der Waals surface area contributed by atoms with Gasteiger partial charge in [0.05, 0.1) is 16.7 Å². The molecule has 0 aromatic heterocycles. The van der Waals surface area contributed by atoms with E-state index in [4.69, 9.17) is 9.47 Å². The molecule has 0 aliphatic carbocycles. The SMILES string of the molecule is CCCNCc1cc(Br)c(OCC(C)(C)O)c(OCC)c1. The Morgan fingerprint density at radius 1 is 1.24 bits per heavy atom. The minimum Gasteiger partial charge on any atom is -0.490 e. The molecule has 0 bridgehead atoms. The monoisotopic (exact) mass is 359 g/mol. The lowest BCUT2D eigenvalue weighted by Gasteiger charge is -2.21. The molecule has 5 heteroatoms. The van der Waals surface area contributed by atoms with Crippen molar-refractivity contribution in [3.8, 4) is 11.5 Å². The molecule has 0 unspecified atom stereocenters. The van der Waals surface area contributed by atoms with E-state index in [2.05, 4.69) is 28.2 Å². The second-order valence-corrected chi connectivity index (χ2v) is 6.47. The maximum absolute atomic E-state index is 9.80. The summed E-state index contributed by atoms with van der Waals surface area (Å²) in [6.07, 6.45) is 1.10. The van der Waals surface area contributed by atoms with Crippen LogP contribution in [0.2, 0.25) is 0 Å². The van der Waals surface area contributed by atoms with Crippen LogP contribution >= 0.6 is 15.9 Å². The van der Waals surface area contributed by atoms with E-state index >= 15 is 0 Å². The molecule has 0 atom stereocenters. The Labute approximate surface area is 136 Å². The molecular formula is C16H26BrNO3. The van der Waals surface area contributed by atoms with Crippen molar-refractivity contribution in [1.82, 2.24) is 5.32 Å². The van der Waals surface area contributed by atoms with Crippen LogP contribution in [0.25, 0.3) is 0 Å². The predicted octanol–water partition coefficient (Wildman–Crippen LogP) is 3.50. The Morgan fingerprint density at radius 2 is 1.95 bits per heavy atom. The first kappa shape index (κ1) is 18.3. The van der Waals surface area contributed by atoms with Crippen molar-refractivity contribution in [3.63, 3.8) is 0 Å². The molecule has 1 rings (SSSR count). The fourth-order valence-electron chi connectivity index (χ4n) is 1.78. The van der Waals surface area contributed by atoms with Crippen molar-refractivity contribution in [3.05, 3.63) is 22.2 Å². The number of benzene rings is 1. The predicted molar refractivity (Wildman–Crippen MR) is 89.1 cm³/mol. The van der Waals surface area contributed by atoms with E-state index in [0.29, 0.717) is 18.1 Å². The van der Waals surface area contributed by atoms with Gasteiger partial charge in [0.2, 0.25) is 0 Å². The second-order valence-electron chi connectivity index (χ2n) is 5.62. The van der Waals surface area contributed by atoms with E-state index < -0.39 is 5.60 Å². The van der Waals surface area contributed by atoms with Crippen molar-refractivity contribution >= 4 is 15.9 Å². The normalized spacial score (nSPS) is 11.5. The summed E-state index contributed by atoms with van der Waals surface area (Å²) >= 11 is 3.53. The lowest BCUT2D eigenvalue weighted by atomic mass is 10.1. The maximum Gasteiger partial charge on any atom is 0.175 e. The molecule has 0 radical (unpaired) electrons. The van der Waals surface area contributed by atoms with Gasteiger partial charge in [-0.3, -0.25) is 0 Å². The zero-order chi connectivity index (χ0) is 15.9. The third-order valence-corrected chi connectivity index (χ3v) is 3.28. The molecule has 0 aliphatic heterocycles. The van der Waals surface area contributed by atoms with Crippen LogP contribution < -0.4 is 14.8 Å². The molecule has 0 saturated heterocycles. The smallest absolute Gasteiger partial charge is 0.175 e. The molecule has 21 heavy (non-hydrogen) atoms. The number of aliphatic hydroxyl groups is 1. The van der Waals surface area contributed by atoms with Gasteiger partial charge in [0.1, 0.15) is 6.61 Å². The number of hydrogen-bond donors (Lipinski definition) is 2. The number of halogens is 1. The highest BCUT2D eigenvalue weighted by atomic mass is 79.9. The standard InChI is InChI=1S/C16H26BrNO3/c1-5-7-18-10-12-8-13(17)15(14(9-12)20-6-2)21-11-16(3,4)19/h8-9,18-19H,5-7,10-11H2,1-4H3. The van der Waals surface area contributed by atoms with Gasteiger partial charge in [-0.25, -0.2) is 0 Å². The first-order valence-corrected chi connectivity index (χ1v) is 8.17. The fraction of sp³-hybridized carbons (Fsp3) is 0.625. The van der Waals surface area contributed by atoms with Gasteiger partial charge in [-0.1, -0.05) is 6.92 Å². The first-order chi connectivity index (χ1) is 9.87. The van der Waals surface area contributed by atoms with Crippen LogP contribution in [0.3, 0.4) is 0 Å². The number of rotatable bonds is 9. The van der Waals surface area contributed by atoms with Gasteiger partial charge in [-0.15, -0.1) is 0 Å². The van der Waals surface area contributed by atoms with E-state index in [0.717, 1.165) is 29.5 Å². The van der Waals surface area contributed by atoms with E-state index in [1.165, 1.54) is 0 Å². The van der Waals surface area contributed by atoms with Gasteiger partial charge in [0.15, 0.2) is 11.5 Å². The van der Waals surface area contributed by atoms with Gasteiger partial charge < -0.3 is 19.9 Å². The molecular weight excluding hydrogens is 334 g/mol. The summed E-state index contributed by atoms with van der Waals surface area (Å²) in [5.74, 6) is 1.34. The molecule has 0 saturated carbocycles. The average Bonchev–Trinajstić information content (AvgIpc) is 2.37. The highest BCUT2D eigenvalue weighted by molar-refractivity contribution is 9.10. The molecule has 120 valence electrons. The lowest BCUT2D eigenvalue weighted by Crippen LogP contribution is -2.28. The van der Waals surface area contributed by atoms with Crippen LogP contribution in [0.1, 0.15) is 39.7 Å². The average molecular weight is 360 g/mol. The third kappa shape index (κ3) is 6.68. The van der Waals surface area contributed by atoms with Crippen LogP contribution in [-0.2, 0) is 6.54 Å². The van der Waals surface area contributed by atoms with E-state index in [1.807, 2.05) is 19.1 Å². The summed E-state index contributed by atoms with van der Waals surface area (Å²) in [5, 5.41) is 13.2. The molecule has 0 amide bonds. The van der Waals surface area contributed by atoms with Gasteiger partial charge in [-0.05, 0) is 67.4 Å². The second kappa shape index (κ2) is 8.61. The summed E-state index contributed by atoms with van der Waals surface area (Å²) < 4.78 is 12.2. The highest BCUT2D eigenvalue weighted by Gasteiger charge is 2.18. The Kier molecular flexibility index (Phi) is 7.49. The molecule has 0 heterocycles. The van der Waals surface area contributed by atoms with Crippen LogP contribution in [0.4, 0.5) is 0 Å². The summed E-state index contributed by atoms with van der Waals surface area (Å²) in [6, 6.07) is 4.00. The Morgan fingerprint density at radius 3 is 2.52 bits per heavy atom. The molecule has 4 nitrogen and oxygen atoms in total. The molecule has 0 aliphatic rings. The molecule has 1 aromatic rings. The van der Waals surface area contributed by atoms with Crippen molar-refractivity contribution < 1.29 is 14.6 Å². The van der Waals surface area contributed by atoms with Crippen molar-refractivity contribution in [2.24, 2.45) is 0 Å². The lowest BCUT2D eigenvalue weighted by molar-refractivity contribution is 0.0271. The quantitative estimate of drug-likeness (QED) is 0.662. The Bertz CT molecular complexity index is 444. The maximum atomic E-state index is 9.80. The Hall–Kier alpha value is -0.780. The van der Waals surface area contributed by atoms with Crippen molar-refractivity contribution in [2.75, 3.05) is 19.8 Å². The van der Waals surface area contributed by atoms with Crippen molar-refractivity contribution in [1.29, 1.82) is 0 Å². The molecule has 1 aromatic carbocycles. The molecule has 0 fully saturated rings. The summed E-state index contributed by atoms with van der Waals surface area (Å²) in [4.78, 5) is 0. The van der Waals surface area contributed by atoms with Crippen LogP contribution in [0.5, 0.6) is 11.5 Å². The van der Waals surface area contributed by atoms with Gasteiger partial charge >= 0.3 is 0 Å². The van der Waals surface area contributed by atoms with Crippen LogP contribution in [-0.4, -0.2) is 30.5 Å².